The van der Waals surface area contributed by atoms with Gasteiger partial charge in [0.05, 0.1) is 54.6 Å². The van der Waals surface area contributed by atoms with E-state index in [2.05, 4.69) is 59.6 Å². The maximum atomic E-state index is 12.6. The fourth-order valence-electron chi connectivity index (χ4n) is 5.86. The van der Waals surface area contributed by atoms with Crippen molar-refractivity contribution >= 4 is 47.0 Å². The molecule has 2 aromatic rings. The Hall–Kier alpha value is -5.95. The third-order valence-electron chi connectivity index (χ3n) is 8.55. The predicted molar refractivity (Wildman–Crippen MR) is 217 cm³/mol. The number of anilines is 2. The highest BCUT2D eigenvalue weighted by atomic mass is 32.2. The first-order valence-electron chi connectivity index (χ1n) is 18.8. The Labute approximate surface area is 357 Å². The van der Waals surface area contributed by atoms with Crippen LogP contribution in [0.25, 0.3) is 10.4 Å². The lowest BCUT2D eigenvalue weighted by Gasteiger charge is -2.16. The van der Waals surface area contributed by atoms with Crippen LogP contribution in [-0.4, -0.2) is 105 Å². The van der Waals surface area contributed by atoms with E-state index < -0.39 is 54.3 Å². The van der Waals surface area contributed by atoms with Crippen LogP contribution in [0, 0.1) is 23.7 Å². The molecule has 6 unspecified atom stereocenters. The summed E-state index contributed by atoms with van der Waals surface area (Å²) >= 11 is 1.51. The standard InChI is InChI=1S/C19H23F3N4O5S.C18H23N7O5/c1-4-13-14(30-10-32-3)8-15(31-13)26-9-12(16(24-11(2)27)25-18(26)29)6-5-7-23-17(28)19(20,21)22;1-4-14-15(29-10-21-24-19)8-16(30-14)25-9-13(6-5-7-20-11(2)26)17(22-12(3)27)23-18(25)28/h9,13-15H,4,7-8,10H2,1-3H3,(H,23,28)(H,24,25,27,29);9,14-16H,4,7-8,10H2,1-3H3,(H,20,26)(H,22,23,27,28). The summed E-state index contributed by atoms with van der Waals surface area (Å²) < 4.78 is 62.4. The summed E-state index contributed by atoms with van der Waals surface area (Å²) in [5.74, 6) is 7.50. The second-order valence-electron chi connectivity index (χ2n) is 13.2. The molecule has 62 heavy (non-hydrogen) atoms. The first-order chi connectivity index (χ1) is 29.4. The van der Waals surface area contributed by atoms with Crippen LogP contribution >= 0.6 is 11.8 Å². The largest absolute Gasteiger partial charge is 0.471 e. The summed E-state index contributed by atoms with van der Waals surface area (Å²) in [6.07, 6.45) is -0.809. The third-order valence-corrected chi connectivity index (χ3v) is 8.93. The van der Waals surface area contributed by atoms with Crippen molar-refractivity contribution in [3.63, 3.8) is 0 Å². The fraction of sp³-hybridized carbons (Fsp3) is 0.568. The first-order valence-corrected chi connectivity index (χ1v) is 20.2. The highest BCUT2D eigenvalue weighted by Crippen LogP contribution is 2.33. The number of alkyl halides is 3. The van der Waals surface area contributed by atoms with Crippen LogP contribution in [0.2, 0.25) is 0 Å². The minimum absolute atomic E-state index is 0.0280. The van der Waals surface area contributed by atoms with Crippen molar-refractivity contribution in [1.29, 1.82) is 0 Å². The van der Waals surface area contributed by atoms with Crippen molar-refractivity contribution in [1.82, 2.24) is 29.7 Å². The van der Waals surface area contributed by atoms with Crippen molar-refractivity contribution < 1.29 is 51.3 Å². The quantitative estimate of drug-likeness (QED) is 0.0699. The predicted octanol–water partition coefficient (Wildman–Crippen LogP) is 2.67. The van der Waals surface area contributed by atoms with Gasteiger partial charge in [-0.15, -0.1) is 11.8 Å². The second-order valence-corrected chi connectivity index (χ2v) is 14.0. The molecule has 4 amide bonds. The van der Waals surface area contributed by atoms with Crippen LogP contribution in [0.3, 0.4) is 0 Å². The number of halogens is 3. The number of aromatic nitrogens is 4. The number of carbonyl (C=O) groups is 4. The van der Waals surface area contributed by atoms with Crippen LogP contribution in [-0.2, 0) is 38.1 Å². The summed E-state index contributed by atoms with van der Waals surface area (Å²) in [4.78, 5) is 80.2. The number of rotatable bonds is 14. The van der Waals surface area contributed by atoms with Gasteiger partial charge in [-0.25, -0.2) is 9.59 Å². The number of hydrogen-bond acceptors (Lipinski definition) is 14. The first kappa shape index (κ1) is 50.4. The lowest BCUT2D eigenvalue weighted by atomic mass is 10.1. The number of nitrogens with one attached hydrogen (secondary N) is 4. The summed E-state index contributed by atoms with van der Waals surface area (Å²) in [5, 5.41) is 12.4. The molecule has 0 spiro atoms. The SMILES string of the molecule is CCC1OC(n2cc(C#CCNC(=O)C(F)(F)F)c(NC(C)=O)nc2=O)CC1OCSC.CCC1OC(n2cc(C#CCNC(C)=O)c(NC(C)=O)nc2=O)CC1OCN=[N+]=[N-]. The zero-order valence-corrected chi connectivity index (χ0v) is 35.3. The minimum atomic E-state index is -5.03. The van der Waals surface area contributed by atoms with E-state index in [9.17, 15) is 41.9 Å². The van der Waals surface area contributed by atoms with Gasteiger partial charge in [-0.2, -0.15) is 23.1 Å². The Morgan fingerprint density at radius 1 is 0.855 bits per heavy atom. The Morgan fingerprint density at radius 2 is 1.32 bits per heavy atom. The topological polar surface area (TPSA) is 272 Å². The molecule has 0 saturated carbocycles. The van der Waals surface area contributed by atoms with Gasteiger partial charge in [-0.05, 0) is 24.6 Å². The number of azide groups is 1. The molecule has 2 aromatic heterocycles. The van der Waals surface area contributed by atoms with E-state index >= 15 is 0 Å². The van der Waals surface area contributed by atoms with Gasteiger partial charge in [0.15, 0.2) is 11.6 Å². The molecule has 2 aliphatic heterocycles. The smallest absolute Gasteiger partial charge is 0.369 e. The molecule has 336 valence electrons. The molecule has 2 fully saturated rings. The molecule has 6 atom stereocenters. The molecule has 0 radical (unpaired) electrons. The van der Waals surface area contributed by atoms with Gasteiger partial charge in [0.2, 0.25) is 17.7 Å². The van der Waals surface area contributed by atoms with E-state index in [0.717, 1.165) is 0 Å². The molecule has 2 aliphatic rings. The molecule has 25 heteroatoms. The number of ether oxygens (including phenoxy) is 4. The van der Waals surface area contributed by atoms with Gasteiger partial charge in [-0.3, -0.25) is 28.3 Å². The highest BCUT2D eigenvalue weighted by molar-refractivity contribution is 7.98. The summed E-state index contributed by atoms with van der Waals surface area (Å²) in [7, 11) is 0. The van der Waals surface area contributed by atoms with E-state index in [0.29, 0.717) is 37.2 Å². The van der Waals surface area contributed by atoms with E-state index in [1.165, 1.54) is 54.1 Å². The van der Waals surface area contributed by atoms with E-state index in [1.807, 2.05) is 20.1 Å². The zero-order chi connectivity index (χ0) is 46.0. The fourth-order valence-corrected chi connectivity index (χ4v) is 6.17. The zero-order valence-electron chi connectivity index (χ0n) is 34.5. The number of thioether (sulfide) groups is 1. The molecule has 0 bridgehead atoms. The van der Waals surface area contributed by atoms with Crippen molar-refractivity contribution in [2.75, 3.05) is 42.6 Å². The van der Waals surface area contributed by atoms with E-state index in [4.69, 9.17) is 24.5 Å². The third kappa shape index (κ3) is 15.5. The molecular weight excluding hydrogens is 848 g/mol. The van der Waals surface area contributed by atoms with Gasteiger partial charge in [0.25, 0.3) is 0 Å². The van der Waals surface area contributed by atoms with E-state index in [-0.39, 0.29) is 60.8 Å². The molecular formula is C37H46F3N11O10S. The summed E-state index contributed by atoms with van der Waals surface area (Å²) in [6.45, 7) is 7.07. The Morgan fingerprint density at radius 3 is 1.73 bits per heavy atom. The molecule has 4 N–H and O–H groups in total. The number of carbonyl (C=O) groups excluding carboxylic acids is 4. The van der Waals surface area contributed by atoms with E-state index in [1.54, 1.807) is 5.32 Å². The van der Waals surface area contributed by atoms with Crippen LogP contribution in [0.4, 0.5) is 24.8 Å². The lowest BCUT2D eigenvalue weighted by Crippen LogP contribution is -2.36. The average Bonchev–Trinajstić information content (AvgIpc) is 3.81. The van der Waals surface area contributed by atoms with Gasteiger partial charge >= 0.3 is 23.5 Å². The number of amides is 4. The minimum Gasteiger partial charge on any atom is -0.369 e. The normalized spacial score (nSPS) is 20.1. The Balaban J connectivity index is 0.000000331. The van der Waals surface area contributed by atoms with Gasteiger partial charge in [-0.1, -0.05) is 42.6 Å². The van der Waals surface area contributed by atoms with Gasteiger partial charge in [0.1, 0.15) is 19.2 Å². The average molecular weight is 894 g/mol. The maximum absolute atomic E-state index is 12.6. The molecule has 2 saturated heterocycles. The van der Waals surface area contributed by atoms with Crippen LogP contribution in [0.15, 0.2) is 27.1 Å². The highest BCUT2D eigenvalue weighted by Gasteiger charge is 2.39. The number of hydrogen-bond donors (Lipinski definition) is 4. The van der Waals surface area contributed by atoms with Crippen LogP contribution < -0.4 is 32.6 Å². The molecule has 21 nitrogen and oxygen atoms in total. The summed E-state index contributed by atoms with van der Waals surface area (Å²) in [6, 6.07) is 0. The molecule has 4 heterocycles. The maximum Gasteiger partial charge on any atom is 0.471 e. The Kier molecular flexibility index (Phi) is 19.9. The van der Waals surface area contributed by atoms with Crippen molar-refractivity contribution in [3.05, 3.63) is 54.9 Å². The van der Waals surface area contributed by atoms with Crippen molar-refractivity contribution in [3.8, 4) is 23.7 Å². The van der Waals surface area contributed by atoms with Crippen molar-refractivity contribution in [2.24, 2.45) is 5.11 Å². The van der Waals surface area contributed by atoms with Crippen LogP contribution in [0.1, 0.15) is 83.9 Å². The Bertz CT molecular complexity index is 2230. The summed E-state index contributed by atoms with van der Waals surface area (Å²) in [5.41, 5.74) is 7.44. The van der Waals surface area contributed by atoms with Crippen molar-refractivity contribution in [2.45, 2.75) is 103 Å². The van der Waals surface area contributed by atoms with Crippen LogP contribution in [0.5, 0.6) is 0 Å². The van der Waals surface area contributed by atoms with Gasteiger partial charge in [0, 0.05) is 50.9 Å². The molecule has 0 aliphatic carbocycles. The van der Waals surface area contributed by atoms with Gasteiger partial charge < -0.3 is 40.2 Å². The lowest BCUT2D eigenvalue weighted by molar-refractivity contribution is -0.173. The second kappa shape index (κ2) is 24.5. The molecule has 4 rings (SSSR count). The number of nitrogens with zero attached hydrogens (tertiary/aromatic N) is 7. The monoisotopic (exact) mass is 893 g/mol. The molecule has 0 aromatic carbocycles.